The predicted molar refractivity (Wildman–Crippen MR) is 70.1 cm³/mol. The fourth-order valence-corrected chi connectivity index (χ4v) is 2.28. The van der Waals surface area contributed by atoms with E-state index >= 15 is 0 Å². The number of pyridine rings is 1. The van der Waals surface area contributed by atoms with E-state index in [1.54, 1.807) is 0 Å². The van der Waals surface area contributed by atoms with E-state index in [4.69, 9.17) is 0 Å². The monoisotopic (exact) mass is 242 g/mol. The van der Waals surface area contributed by atoms with Crippen molar-refractivity contribution in [3.05, 3.63) is 59.7 Å². The van der Waals surface area contributed by atoms with Crippen LogP contribution in [-0.4, -0.2) is 11.0 Å². The Morgan fingerprint density at radius 1 is 1.22 bits per heavy atom. The molecule has 18 heavy (non-hydrogen) atoms. The van der Waals surface area contributed by atoms with Crippen molar-refractivity contribution in [3.8, 4) is 0 Å². The number of aryl methyl sites for hydroxylation is 1. The molecule has 2 atom stereocenters. The van der Waals surface area contributed by atoms with E-state index in [1.165, 1.54) is 17.7 Å². The molecule has 3 rings (SSSR count). The first kappa shape index (κ1) is 11.2. The average Bonchev–Trinajstić information content (AvgIpc) is 3.09. The number of halogens is 1. The van der Waals surface area contributed by atoms with Crippen LogP contribution in [0.15, 0.2) is 42.6 Å². The highest BCUT2D eigenvalue weighted by molar-refractivity contribution is 5.47. The fourth-order valence-electron chi connectivity index (χ4n) is 2.28. The molecule has 1 aliphatic carbocycles. The molecule has 0 bridgehead atoms. The lowest BCUT2D eigenvalue weighted by molar-refractivity contribution is 0.627. The molecule has 0 unspecified atom stereocenters. The standard InChI is InChI=1S/C15H15FN2/c1-10-8-13(6-7-17-10)18-15-9-14(15)11-2-4-12(16)5-3-11/h2-8,14-15H,9H2,1H3,(H,17,18)/t14-,15+/m0/s1. The van der Waals surface area contributed by atoms with Gasteiger partial charge >= 0.3 is 0 Å². The normalized spacial score (nSPS) is 21.7. The summed E-state index contributed by atoms with van der Waals surface area (Å²) in [6, 6.07) is 11.3. The Labute approximate surface area is 106 Å². The van der Waals surface area contributed by atoms with Gasteiger partial charge in [0.2, 0.25) is 0 Å². The van der Waals surface area contributed by atoms with Crippen LogP contribution in [0.4, 0.5) is 10.1 Å². The maximum atomic E-state index is 12.8. The van der Waals surface area contributed by atoms with Gasteiger partial charge in [-0.2, -0.15) is 0 Å². The maximum Gasteiger partial charge on any atom is 0.123 e. The number of benzene rings is 1. The average molecular weight is 242 g/mol. The van der Waals surface area contributed by atoms with Gasteiger partial charge in [-0.25, -0.2) is 4.39 Å². The second-order valence-corrected chi connectivity index (χ2v) is 4.83. The molecule has 1 aromatic carbocycles. The molecular formula is C15H15FN2. The molecule has 0 spiro atoms. The molecular weight excluding hydrogens is 227 g/mol. The predicted octanol–water partition coefficient (Wildman–Crippen LogP) is 3.50. The quantitative estimate of drug-likeness (QED) is 0.891. The lowest BCUT2D eigenvalue weighted by Crippen LogP contribution is -2.04. The van der Waals surface area contributed by atoms with Crippen LogP contribution in [0.3, 0.4) is 0 Å². The summed E-state index contributed by atoms with van der Waals surface area (Å²) in [6.07, 6.45) is 2.92. The number of nitrogens with one attached hydrogen (secondary N) is 1. The molecule has 0 amide bonds. The van der Waals surface area contributed by atoms with E-state index in [9.17, 15) is 4.39 Å². The summed E-state index contributed by atoms with van der Waals surface area (Å²) in [6.45, 7) is 1.98. The van der Waals surface area contributed by atoms with Gasteiger partial charge in [-0.1, -0.05) is 12.1 Å². The lowest BCUT2D eigenvalue weighted by Gasteiger charge is -2.06. The van der Waals surface area contributed by atoms with Crippen molar-refractivity contribution in [2.45, 2.75) is 25.3 Å². The Bertz CT molecular complexity index is 551. The molecule has 2 aromatic rings. The van der Waals surface area contributed by atoms with Crippen LogP contribution >= 0.6 is 0 Å². The zero-order valence-corrected chi connectivity index (χ0v) is 10.2. The molecule has 1 N–H and O–H groups in total. The van der Waals surface area contributed by atoms with Gasteiger partial charge in [-0.15, -0.1) is 0 Å². The topological polar surface area (TPSA) is 24.9 Å². The van der Waals surface area contributed by atoms with Crippen molar-refractivity contribution in [2.24, 2.45) is 0 Å². The van der Waals surface area contributed by atoms with Crippen LogP contribution in [0.2, 0.25) is 0 Å². The third-order valence-corrected chi connectivity index (χ3v) is 3.34. The summed E-state index contributed by atoms with van der Waals surface area (Å²) >= 11 is 0. The van der Waals surface area contributed by atoms with Gasteiger partial charge in [0.1, 0.15) is 5.82 Å². The molecule has 92 valence electrons. The molecule has 1 heterocycles. The summed E-state index contributed by atoms with van der Waals surface area (Å²) in [4.78, 5) is 4.17. The minimum Gasteiger partial charge on any atom is -0.382 e. The largest absolute Gasteiger partial charge is 0.382 e. The van der Waals surface area contributed by atoms with E-state index in [-0.39, 0.29) is 5.82 Å². The van der Waals surface area contributed by atoms with Crippen molar-refractivity contribution in [1.29, 1.82) is 0 Å². The van der Waals surface area contributed by atoms with Gasteiger partial charge in [0, 0.05) is 29.5 Å². The molecule has 0 saturated heterocycles. The SMILES string of the molecule is Cc1cc(N[C@@H]2C[C@H]2c2ccc(F)cc2)ccn1. The minimum absolute atomic E-state index is 0.173. The van der Waals surface area contributed by atoms with Crippen molar-refractivity contribution < 1.29 is 4.39 Å². The number of hydrogen-bond donors (Lipinski definition) is 1. The van der Waals surface area contributed by atoms with E-state index in [0.717, 1.165) is 17.8 Å². The van der Waals surface area contributed by atoms with Crippen molar-refractivity contribution in [2.75, 3.05) is 5.32 Å². The van der Waals surface area contributed by atoms with Crippen LogP contribution in [0.1, 0.15) is 23.6 Å². The molecule has 1 saturated carbocycles. The first-order chi connectivity index (χ1) is 8.72. The number of anilines is 1. The van der Waals surface area contributed by atoms with Crippen LogP contribution < -0.4 is 5.32 Å². The highest BCUT2D eigenvalue weighted by Gasteiger charge is 2.38. The fraction of sp³-hybridized carbons (Fsp3) is 0.267. The Kier molecular flexibility index (Phi) is 2.74. The second-order valence-electron chi connectivity index (χ2n) is 4.83. The summed E-state index contributed by atoms with van der Waals surface area (Å²) in [7, 11) is 0. The Balaban J connectivity index is 1.66. The summed E-state index contributed by atoms with van der Waals surface area (Å²) in [5.41, 5.74) is 3.33. The van der Waals surface area contributed by atoms with Crippen LogP contribution in [-0.2, 0) is 0 Å². The van der Waals surface area contributed by atoms with Crippen molar-refractivity contribution >= 4 is 5.69 Å². The minimum atomic E-state index is -0.173. The van der Waals surface area contributed by atoms with Gasteiger partial charge < -0.3 is 5.32 Å². The van der Waals surface area contributed by atoms with E-state index in [0.29, 0.717) is 12.0 Å². The molecule has 0 radical (unpaired) electrons. The van der Waals surface area contributed by atoms with Gasteiger partial charge in [-0.05, 0) is 43.2 Å². The summed E-state index contributed by atoms with van der Waals surface area (Å²) in [5.74, 6) is 0.327. The summed E-state index contributed by atoms with van der Waals surface area (Å²) in [5, 5.41) is 3.49. The third kappa shape index (κ3) is 2.35. The number of hydrogen-bond acceptors (Lipinski definition) is 2. The van der Waals surface area contributed by atoms with E-state index in [1.807, 2.05) is 37.4 Å². The van der Waals surface area contributed by atoms with Crippen molar-refractivity contribution in [1.82, 2.24) is 4.98 Å². The number of aromatic nitrogens is 1. The van der Waals surface area contributed by atoms with E-state index in [2.05, 4.69) is 10.3 Å². The number of nitrogens with zero attached hydrogens (tertiary/aromatic N) is 1. The zero-order valence-electron chi connectivity index (χ0n) is 10.2. The highest BCUT2D eigenvalue weighted by atomic mass is 19.1. The molecule has 2 nitrogen and oxygen atoms in total. The van der Waals surface area contributed by atoms with Gasteiger partial charge in [0.25, 0.3) is 0 Å². The highest BCUT2D eigenvalue weighted by Crippen LogP contribution is 2.42. The van der Waals surface area contributed by atoms with Crippen LogP contribution in [0, 0.1) is 12.7 Å². The van der Waals surface area contributed by atoms with Crippen molar-refractivity contribution in [3.63, 3.8) is 0 Å². The first-order valence-electron chi connectivity index (χ1n) is 6.17. The second kappa shape index (κ2) is 4.41. The third-order valence-electron chi connectivity index (χ3n) is 3.34. The Morgan fingerprint density at radius 3 is 2.72 bits per heavy atom. The first-order valence-corrected chi connectivity index (χ1v) is 6.17. The molecule has 1 aromatic heterocycles. The number of rotatable bonds is 3. The Morgan fingerprint density at radius 2 is 2.00 bits per heavy atom. The van der Waals surface area contributed by atoms with Crippen LogP contribution in [0.5, 0.6) is 0 Å². The summed E-state index contributed by atoms with van der Waals surface area (Å²) < 4.78 is 12.8. The Hall–Kier alpha value is -1.90. The van der Waals surface area contributed by atoms with Gasteiger partial charge in [0.15, 0.2) is 0 Å². The molecule has 1 aliphatic rings. The molecule has 3 heteroatoms. The van der Waals surface area contributed by atoms with E-state index < -0.39 is 0 Å². The van der Waals surface area contributed by atoms with Gasteiger partial charge in [-0.3, -0.25) is 4.98 Å². The zero-order chi connectivity index (χ0) is 12.5. The van der Waals surface area contributed by atoms with Gasteiger partial charge in [0.05, 0.1) is 0 Å². The molecule has 0 aliphatic heterocycles. The molecule has 1 fully saturated rings. The maximum absolute atomic E-state index is 12.8. The van der Waals surface area contributed by atoms with Crippen LogP contribution in [0.25, 0.3) is 0 Å². The smallest absolute Gasteiger partial charge is 0.123 e. The lowest BCUT2D eigenvalue weighted by atomic mass is 10.1.